The van der Waals surface area contributed by atoms with Crippen molar-refractivity contribution in [2.24, 2.45) is 0 Å². The molecular formula is C16H22CuLi2N2. The van der Waals surface area contributed by atoms with Gasteiger partial charge in [-0.2, -0.15) is 0 Å². The Morgan fingerprint density at radius 3 is 1.05 bits per heavy atom. The summed E-state index contributed by atoms with van der Waals surface area (Å²) in [5.41, 5.74) is 0. The van der Waals surface area contributed by atoms with E-state index in [1.165, 1.54) is 25.7 Å². The third kappa shape index (κ3) is 103. The molecule has 0 aliphatic rings. The Morgan fingerprint density at radius 2 is 0.905 bits per heavy atom. The summed E-state index contributed by atoms with van der Waals surface area (Å²) < 4.78 is 0. The second kappa shape index (κ2) is 72.8. The maximum Gasteiger partial charge on any atom is 2.00 e. The van der Waals surface area contributed by atoms with Gasteiger partial charge in [0.2, 0.25) is 0 Å². The molecule has 1 radical (unpaired) electrons. The number of nitrogens with zero attached hydrogens (tertiary/aromatic N) is 2. The second-order valence-corrected chi connectivity index (χ2v) is 3.27. The molecule has 0 rings (SSSR count). The largest absolute Gasteiger partial charge is 2.00 e. The fourth-order valence-electron chi connectivity index (χ4n) is 0.927. The Morgan fingerprint density at radius 1 is 0.667 bits per heavy atom. The van der Waals surface area contributed by atoms with Gasteiger partial charge in [0.25, 0.3) is 0 Å². The van der Waals surface area contributed by atoms with Crippen LogP contribution in [0.1, 0.15) is 65.2 Å². The number of hydrogen-bond donors (Lipinski definition) is 0. The van der Waals surface area contributed by atoms with Crippen molar-refractivity contribution in [3.63, 3.8) is 0 Å². The van der Waals surface area contributed by atoms with Crippen LogP contribution in [0.25, 0.3) is 0 Å². The Hall–Kier alpha value is -0.186. The zero-order valence-electron chi connectivity index (χ0n) is 13.9. The van der Waals surface area contributed by atoms with Crippen LogP contribution in [0.4, 0.5) is 0 Å². The maximum absolute atomic E-state index is 6.53. The normalized spacial score (nSPS) is 5.52. The quantitative estimate of drug-likeness (QED) is 0.259. The summed E-state index contributed by atoms with van der Waals surface area (Å²) in [6, 6.07) is 0. The summed E-state index contributed by atoms with van der Waals surface area (Å²) in [6.07, 6.45) is 22.0. The van der Waals surface area contributed by atoms with E-state index in [0.29, 0.717) is 0 Å². The molecule has 0 heterocycles. The van der Waals surface area contributed by atoms with Gasteiger partial charge in [0.1, 0.15) is 0 Å². The number of hydrogen-bond acceptors (Lipinski definition) is 2. The standard InChI is InChI=1S/2C7H11.2CN.Cu.2Li/c2*1-3-5-7-6-4-2;2*1-2;;;/h2*3,5-7H2,1H3;;;;;/q4*-1;+2;2*+1. The van der Waals surface area contributed by atoms with Gasteiger partial charge in [0.15, 0.2) is 0 Å². The summed E-state index contributed by atoms with van der Waals surface area (Å²) in [4.78, 5) is 0. The van der Waals surface area contributed by atoms with Crippen LogP contribution >= 0.6 is 0 Å². The topological polar surface area (TPSA) is 47.6 Å². The van der Waals surface area contributed by atoms with E-state index < -0.39 is 0 Å². The number of rotatable bonds is 6. The first-order chi connectivity index (χ1) is 8.83. The van der Waals surface area contributed by atoms with Gasteiger partial charge in [-0.3, -0.25) is 0 Å². The van der Waals surface area contributed by atoms with E-state index in [1.807, 2.05) is 0 Å². The smallest absolute Gasteiger partial charge is 0.694 e. The SMILES string of the molecule is [C-]#CCCCCC.[C-]#CCCCCC.[C-]#N.[C-]#N.[Cu+2].[Li+].[Li+]. The van der Waals surface area contributed by atoms with Gasteiger partial charge in [-0.25, -0.2) is 0 Å². The van der Waals surface area contributed by atoms with Crippen LogP contribution in [0.2, 0.25) is 0 Å². The summed E-state index contributed by atoms with van der Waals surface area (Å²) >= 11 is 0. The second-order valence-electron chi connectivity index (χ2n) is 3.27. The van der Waals surface area contributed by atoms with Crippen LogP contribution in [0.15, 0.2) is 0 Å². The monoisotopic (exact) mass is 319 g/mol. The van der Waals surface area contributed by atoms with Crippen molar-refractivity contribution in [3.05, 3.63) is 26.0 Å². The van der Waals surface area contributed by atoms with Crippen LogP contribution in [0.5, 0.6) is 0 Å². The molecule has 2 nitrogen and oxygen atoms in total. The van der Waals surface area contributed by atoms with Gasteiger partial charge in [-0.05, 0) is 25.7 Å². The molecule has 0 aromatic heterocycles. The molecule has 0 spiro atoms. The van der Waals surface area contributed by atoms with Crippen molar-refractivity contribution in [1.29, 1.82) is 10.5 Å². The number of unbranched alkanes of at least 4 members (excludes halogenated alkanes) is 6. The average Bonchev–Trinajstić information content (AvgIpc) is 2.45. The van der Waals surface area contributed by atoms with Crippen molar-refractivity contribution >= 4 is 0 Å². The minimum absolute atomic E-state index is 0. The Bertz CT molecular complexity index is 214. The first kappa shape index (κ1) is 42.8. The summed E-state index contributed by atoms with van der Waals surface area (Å²) in [7, 11) is 0. The molecular weight excluding hydrogens is 298 g/mol. The van der Waals surface area contributed by atoms with Crippen LogP contribution < -0.4 is 37.7 Å². The van der Waals surface area contributed by atoms with Gasteiger partial charge >= 0.3 is 54.8 Å². The fourth-order valence-corrected chi connectivity index (χ4v) is 0.927. The van der Waals surface area contributed by atoms with Crippen molar-refractivity contribution < 1.29 is 54.8 Å². The minimum atomic E-state index is 0. The Balaban J connectivity index is -0.0000000269. The molecule has 0 atom stereocenters. The summed E-state index contributed by atoms with van der Waals surface area (Å²) in [5, 5.41) is 12.5. The third-order valence-corrected chi connectivity index (χ3v) is 1.81. The van der Waals surface area contributed by atoms with E-state index >= 15 is 0 Å². The van der Waals surface area contributed by atoms with Gasteiger partial charge in [0, 0.05) is 0 Å². The van der Waals surface area contributed by atoms with Gasteiger partial charge in [-0.15, -0.1) is 0 Å². The molecule has 0 aliphatic heterocycles. The first-order valence-corrected chi connectivity index (χ1v) is 6.07. The molecule has 0 saturated carbocycles. The molecule has 0 saturated heterocycles. The molecule has 109 valence electrons. The van der Waals surface area contributed by atoms with Crippen molar-refractivity contribution in [2.75, 3.05) is 0 Å². The molecule has 0 aromatic rings. The summed E-state index contributed by atoms with van der Waals surface area (Å²) in [5.74, 6) is 4.70. The van der Waals surface area contributed by atoms with E-state index in [0.717, 1.165) is 25.7 Å². The molecule has 0 aliphatic carbocycles. The average molecular weight is 320 g/mol. The predicted octanol–water partition coefficient (Wildman–Crippen LogP) is -1.49. The van der Waals surface area contributed by atoms with E-state index in [1.54, 1.807) is 0 Å². The van der Waals surface area contributed by atoms with E-state index in [4.69, 9.17) is 36.5 Å². The zero-order chi connectivity index (χ0) is 15.1. The molecule has 0 fully saturated rings. The first-order valence-electron chi connectivity index (χ1n) is 6.07. The molecule has 5 heteroatoms. The van der Waals surface area contributed by atoms with Crippen LogP contribution in [0, 0.1) is 48.4 Å². The molecule has 0 aromatic carbocycles. The van der Waals surface area contributed by atoms with Crippen LogP contribution in [-0.4, -0.2) is 0 Å². The Kier molecular flexibility index (Phi) is 148. The van der Waals surface area contributed by atoms with Gasteiger partial charge in [0.05, 0.1) is 0 Å². The van der Waals surface area contributed by atoms with Gasteiger partial charge in [-0.1, -0.05) is 39.5 Å². The van der Waals surface area contributed by atoms with Crippen molar-refractivity contribution in [2.45, 2.75) is 65.2 Å². The minimum Gasteiger partial charge on any atom is -0.694 e. The third-order valence-electron chi connectivity index (χ3n) is 1.81. The van der Waals surface area contributed by atoms with E-state index in [-0.39, 0.29) is 54.8 Å². The molecule has 0 amide bonds. The fraction of sp³-hybridized carbons (Fsp3) is 0.625. The van der Waals surface area contributed by atoms with E-state index in [2.05, 4.69) is 25.7 Å². The van der Waals surface area contributed by atoms with Gasteiger partial charge < -0.3 is 48.4 Å². The molecule has 0 N–H and O–H groups in total. The van der Waals surface area contributed by atoms with Crippen LogP contribution in [0.3, 0.4) is 0 Å². The van der Waals surface area contributed by atoms with E-state index in [9.17, 15) is 0 Å². The Labute approximate surface area is 167 Å². The van der Waals surface area contributed by atoms with Crippen molar-refractivity contribution in [1.82, 2.24) is 0 Å². The predicted molar refractivity (Wildman–Crippen MR) is 72.5 cm³/mol. The zero-order valence-corrected chi connectivity index (χ0v) is 14.8. The van der Waals surface area contributed by atoms with Crippen molar-refractivity contribution in [3.8, 4) is 11.8 Å². The summed E-state index contributed by atoms with van der Waals surface area (Å²) in [6.45, 7) is 13.8. The molecule has 0 bridgehead atoms. The maximum atomic E-state index is 6.53. The molecule has 21 heavy (non-hydrogen) atoms. The molecule has 0 unspecified atom stereocenters. The van der Waals surface area contributed by atoms with Crippen LogP contribution in [-0.2, 0) is 17.1 Å².